The van der Waals surface area contributed by atoms with Gasteiger partial charge in [-0.25, -0.2) is 9.59 Å². The van der Waals surface area contributed by atoms with Gasteiger partial charge in [0.05, 0.1) is 24.8 Å². The maximum atomic E-state index is 12.9. The maximum absolute atomic E-state index is 12.9. The zero-order chi connectivity index (χ0) is 28.8. The molecule has 3 atom stereocenters. The van der Waals surface area contributed by atoms with E-state index in [0.717, 1.165) is 5.56 Å². The number of primary amides is 1. The van der Waals surface area contributed by atoms with Gasteiger partial charge in [0.25, 0.3) is 0 Å². The normalized spacial score (nSPS) is 12.7. The first kappa shape index (κ1) is 30.5. The first-order chi connectivity index (χ1) is 18.5. The van der Waals surface area contributed by atoms with E-state index < -0.39 is 72.9 Å². The van der Waals surface area contributed by atoms with Gasteiger partial charge in [-0.1, -0.05) is 60.7 Å². The van der Waals surface area contributed by atoms with Crippen molar-refractivity contribution in [2.24, 2.45) is 11.7 Å². The van der Waals surface area contributed by atoms with Crippen LogP contribution in [0.15, 0.2) is 60.7 Å². The van der Waals surface area contributed by atoms with Gasteiger partial charge in [0, 0.05) is 6.42 Å². The van der Waals surface area contributed by atoms with Gasteiger partial charge in [0.2, 0.25) is 11.8 Å². The fourth-order valence-electron chi connectivity index (χ4n) is 3.39. The molecular formula is C27H31N3O9. The number of esters is 1. The molecule has 2 aromatic rings. The number of benzene rings is 2. The van der Waals surface area contributed by atoms with Crippen LogP contribution in [0.1, 0.15) is 37.3 Å². The summed E-state index contributed by atoms with van der Waals surface area (Å²) in [6.07, 6.45) is -2.64. The van der Waals surface area contributed by atoms with E-state index >= 15 is 0 Å². The molecule has 0 aliphatic rings. The van der Waals surface area contributed by atoms with Crippen LogP contribution < -0.4 is 16.4 Å². The molecule has 0 aliphatic heterocycles. The lowest BCUT2D eigenvalue weighted by molar-refractivity contribution is -0.149. The molecule has 0 heterocycles. The van der Waals surface area contributed by atoms with Crippen LogP contribution in [0.25, 0.3) is 0 Å². The van der Waals surface area contributed by atoms with Crippen LogP contribution >= 0.6 is 0 Å². The molecular weight excluding hydrogens is 510 g/mol. The lowest BCUT2D eigenvalue weighted by Gasteiger charge is -2.21. The van der Waals surface area contributed by atoms with E-state index in [0.29, 0.717) is 5.56 Å². The summed E-state index contributed by atoms with van der Waals surface area (Å²) in [5.41, 5.74) is 6.49. The summed E-state index contributed by atoms with van der Waals surface area (Å²) in [6, 6.07) is 14.9. The zero-order valence-electron chi connectivity index (χ0n) is 21.3. The molecule has 208 valence electrons. The molecule has 0 aliphatic carbocycles. The van der Waals surface area contributed by atoms with Gasteiger partial charge in [-0.3, -0.25) is 19.2 Å². The number of alkyl carbamates (subject to hydrolysis) is 1. The molecule has 2 aromatic carbocycles. The summed E-state index contributed by atoms with van der Waals surface area (Å²) in [5, 5.41) is 13.8. The van der Waals surface area contributed by atoms with Crippen LogP contribution in [-0.2, 0) is 46.7 Å². The van der Waals surface area contributed by atoms with E-state index in [4.69, 9.17) is 15.2 Å². The number of carboxylic acid groups (broad SMARTS) is 1. The van der Waals surface area contributed by atoms with E-state index in [-0.39, 0.29) is 13.2 Å². The average molecular weight is 542 g/mol. The van der Waals surface area contributed by atoms with Gasteiger partial charge < -0.3 is 30.9 Å². The lowest BCUT2D eigenvalue weighted by Crippen LogP contribution is -2.47. The molecule has 39 heavy (non-hydrogen) atoms. The number of Topliss-reactive ketones (excluding diaryl/α,β-unsaturated/α-hetero) is 1. The molecule has 0 aromatic heterocycles. The van der Waals surface area contributed by atoms with Gasteiger partial charge in [-0.05, 0) is 18.1 Å². The quantitative estimate of drug-likeness (QED) is 0.242. The first-order valence-corrected chi connectivity index (χ1v) is 12.1. The molecule has 0 spiro atoms. The molecule has 12 heteroatoms. The first-order valence-electron chi connectivity index (χ1n) is 12.1. The van der Waals surface area contributed by atoms with Crippen molar-refractivity contribution in [1.82, 2.24) is 10.6 Å². The molecule has 0 saturated heterocycles. The Morgan fingerprint density at radius 1 is 0.795 bits per heavy atom. The zero-order valence-corrected chi connectivity index (χ0v) is 21.3. The number of aliphatic carboxylic acids is 1. The Labute approximate surface area is 224 Å². The van der Waals surface area contributed by atoms with Crippen LogP contribution in [0.4, 0.5) is 4.79 Å². The Bertz CT molecular complexity index is 1160. The number of carbonyl (C=O) groups is 6. The molecule has 3 amide bonds. The van der Waals surface area contributed by atoms with E-state index in [1.54, 1.807) is 60.7 Å². The van der Waals surface area contributed by atoms with Gasteiger partial charge >= 0.3 is 18.0 Å². The number of ether oxygens (including phenoxy) is 2. The summed E-state index contributed by atoms with van der Waals surface area (Å²) in [6.45, 7) is 1.27. The largest absolute Gasteiger partial charge is 0.480 e. The van der Waals surface area contributed by atoms with Gasteiger partial charge in [0.1, 0.15) is 19.3 Å². The molecule has 0 radical (unpaired) electrons. The van der Waals surface area contributed by atoms with Gasteiger partial charge in [0.15, 0.2) is 5.78 Å². The van der Waals surface area contributed by atoms with Crippen molar-refractivity contribution in [2.45, 2.75) is 51.5 Å². The number of ketones is 1. The number of nitrogens with one attached hydrogen (secondary N) is 2. The van der Waals surface area contributed by atoms with Crippen molar-refractivity contribution in [3.05, 3.63) is 71.8 Å². The third-order valence-corrected chi connectivity index (χ3v) is 5.52. The average Bonchev–Trinajstić information content (AvgIpc) is 2.90. The van der Waals surface area contributed by atoms with Crippen molar-refractivity contribution in [1.29, 1.82) is 0 Å². The van der Waals surface area contributed by atoms with Gasteiger partial charge in [-0.15, -0.1) is 0 Å². The molecule has 2 rings (SSSR count). The Morgan fingerprint density at radius 3 is 1.85 bits per heavy atom. The van der Waals surface area contributed by atoms with E-state index in [9.17, 15) is 33.9 Å². The van der Waals surface area contributed by atoms with Crippen molar-refractivity contribution >= 4 is 35.6 Å². The molecule has 0 unspecified atom stereocenters. The Balaban J connectivity index is 2.03. The lowest BCUT2D eigenvalue weighted by atomic mass is 9.94. The Morgan fingerprint density at radius 2 is 1.33 bits per heavy atom. The fraction of sp³-hybridized carbons (Fsp3) is 0.333. The minimum absolute atomic E-state index is 0.0255. The van der Waals surface area contributed by atoms with Crippen LogP contribution in [0.5, 0.6) is 0 Å². The molecule has 0 bridgehead atoms. The third kappa shape index (κ3) is 11.5. The highest BCUT2D eigenvalue weighted by Crippen LogP contribution is 2.15. The van der Waals surface area contributed by atoms with Crippen molar-refractivity contribution < 1.29 is 43.3 Å². The summed E-state index contributed by atoms with van der Waals surface area (Å²) in [5.74, 6) is -6.23. The van der Waals surface area contributed by atoms with Crippen LogP contribution in [0.3, 0.4) is 0 Å². The highest BCUT2D eigenvalue weighted by Gasteiger charge is 2.31. The van der Waals surface area contributed by atoms with E-state index in [1.807, 2.05) is 0 Å². The smallest absolute Gasteiger partial charge is 0.408 e. The predicted molar refractivity (Wildman–Crippen MR) is 137 cm³/mol. The fourth-order valence-corrected chi connectivity index (χ4v) is 3.39. The Hall–Kier alpha value is -4.74. The summed E-state index contributed by atoms with van der Waals surface area (Å²) in [4.78, 5) is 73.0. The summed E-state index contributed by atoms with van der Waals surface area (Å²) < 4.78 is 10.3. The standard InChI is InChI=1S/C27H31N3O9/c1-17(29-27(37)39-16-19-10-6-3-7-11-19)22(31)12-20(25(34)30-21(26(35)36)14-23(28)32)13-24(33)38-15-18-8-4-2-5-9-18/h2-11,17,20-21H,12-16H2,1H3,(H2,28,32)(H,29,37)(H,30,34)(H,35,36)/t17-,20-,21-/m0/s1. The number of hydrogen-bond acceptors (Lipinski definition) is 8. The highest BCUT2D eigenvalue weighted by molar-refractivity contribution is 5.95. The number of nitrogens with two attached hydrogens (primary N) is 1. The number of hydrogen-bond donors (Lipinski definition) is 4. The molecule has 5 N–H and O–H groups in total. The second-order valence-corrected chi connectivity index (χ2v) is 8.72. The topological polar surface area (TPSA) is 191 Å². The number of carbonyl (C=O) groups excluding carboxylic acids is 5. The molecule has 0 saturated carbocycles. The number of amides is 3. The number of carboxylic acids is 1. The van der Waals surface area contributed by atoms with Crippen LogP contribution in [-0.4, -0.2) is 52.8 Å². The van der Waals surface area contributed by atoms with Crippen molar-refractivity contribution in [3.8, 4) is 0 Å². The second kappa shape index (κ2) is 15.5. The monoisotopic (exact) mass is 541 g/mol. The highest BCUT2D eigenvalue weighted by atomic mass is 16.5. The summed E-state index contributed by atoms with van der Waals surface area (Å²) >= 11 is 0. The van der Waals surface area contributed by atoms with E-state index in [1.165, 1.54) is 6.92 Å². The van der Waals surface area contributed by atoms with E-state index in [2.05, 4.69) is 10.6 Å². The summed E-state index contributed by atoms with van der Waals surface area (Å²) in [7, 11) is 0. The minimum atomic E-state index is -1.66. The van der Waals surface area contributed by atoms with Crippen molar-refractivity contribution in [3.63, 3.8) is 0 Å². The third-order valence-electron chi connectivity index (χ3n) is 5.52. The van der Waals surface area contributed by atoms with Crippen molar-refractivity contribution in [2.75, 3.05) is 0 Å². The predicted octanol–water partition coefficient (Wildman–Crippen LogP) is 1.46. The van der Waals surface area contributed by atoms with Gasteiger partial charge in [-0.2, -0.15) is 0 Å². The number of rotatable bonds is 15. The Kier molecular flexibility index (Phi) is 12.1. The van der Waals surface area contributed by atoms with Crippen LogP contribution in [0.2, 0.25) is 0 Å². The SMILES string of the molecule is C[C@H](NC(=O)OCc1ccccc1)C(=O)C[C@@H](CC(=O)OCc1ccccc1)C(=O)N[C@@H](CC(N)=O)C(=O)O. The second-order valence-electron chi connectivity index (χ2n) is 8.72. The molecule has 12 nitrogen and oxygen atoms in total. The minimum Gasteiger partial charge on any atom is -0.480 e. The maximum Gasteiger partial charge on any atom is 0.408 e. The molecule has 0 fully saturated rings. The van der Waals surface area contributed by atoms with Crippen LogP contribution in [0, 0.1) is 5.92 Å².